The van der Waals surface area contributed by atoms with Gasteiger partial charge in [0.25, 0.3) is 11.5 Å². The highest BCUT2D eigenvalue weighted by Gasteiger charge is 2.34. The summed E-state index contributed by atoms with van der Waals surface area (Å²) >= 11 is 0. The smallest absolute Gasteiger partial charge is 0.414 e. The highest BCUT2D eigenvalue weighted by atomic mass is 16.6. The number of aromatic amines is 1. The Morgan fingerprint density at radius 2 is 2.03 bits per heavy atom. The molecule has 3 heterocycles. The Bertz CT molecular complexity index is 1310. The fraction of sp³-hybridized carbons (Fsp3) is 0.435. The Hall–Kier alpha value is -3.93. The number of aromatic nitrogens is 3. The van der Waals surface area contributed by atoms with Gasteiger partial charge in [0.2, 0.25) is 5.76 Å². The quantitative estimate of drug-likeness (QED) is 0.479. The third kappa shape index (κ3) is 5.11. The van der Waals surface area contributed by atoms with E-state index < -0.39 is 17.6 Å². The van der Waals surface area contributed by atoms with Gasteiger partial charge < -0.3 is 29.6 Å². The van der Waals surface area contributed by atoms with Crippen molar-refractivity contribution in [2.45, 2.75) is 51.4 Å². The summed E-state index contributed by atoms with van der Waals surface area (Å²) < 4.78 is 16.2. The number of ether oxygens (including phenoxy) is 2. The van der Waals surface area contributed by atoms with Crippen LogP contribution in [0, 0.1) is 0 Å². The van der Waals surface area contributed by atoms with Crippen molar-refractivity contribution >= 4 is 40.2 Å². The number of fused-ring (bicyclic) bond motifs is 1. The van der Waals surface area contributed by atoms with E-state index >= 15 is 0 Å². The molecule has 3 N–H and O–H groups in total. The van der Waals surface area contributed by atoms with E-state index in [1.165, 1.54) is 24.2 Å². The highest BCUT2D eigenvalue weighted by Crippen LogP contribution is 2.32. The number of hydrogen-bond acceptors (Lipinski definition) is 9. The zero-order valence-electron chi connectivity index (χ0n) is 20.2. The lowest BCUT2D eigenvalue weighted by Gasteiger charge is -2.35. The molecule has 12 heteroatoms. The van der Waals surface area contributed by atoms with Gasteiger partial charge >= 0.3 is 6.09 Å². The van der Waals surface area contributed by atoms with Gasteiger partial charge in [-0.05, 0) is 45.7 Å². The van der Waals surface area contributed by atoms with E-state index in [1.807, 2.05) is 0 Å². The van der Waals surface area contributed by atoms with Gasteiger partial charge in [0.15, 0.2) is 5.52 Å². The number of methoxy groups -OCH3 is 1. The molecule has 1 saturated carbocycles. The van der Waals surface area contributed by atoms with Gasteiger partial charge in [-0.25, -0.2) is 9.78 Å². The first-order valence-electron chi connectivity index (χ1n) is 11.1. The van der Waals surface area contributed by atoms with E-state index in [4.69, 9.17) is 14.0 Å². The Morgan fingerprint density at radius 1 is 1.26 bits per heavy atom. The largest absolute Gasteiger partial charge is 0.443 e. The lowest BCUT2D eigenvalue weighted by Crippen LogP contribution is -2.51. The summed E-state index contributed by atoms with van der Waals surface area (Å²) in [5.41, 5.74) is -0.280. The SMILES string of the molecule is CO[C@@H]1CC[C@H]1NC(=O)c1onc2c(N(C)C(=O)OC(C)(C)C)cc(Nc3ccc[nH]c3=O)nc12. The van der Waals surface area contributed by atoms with Crippen molar-refractivity contribution in [1.29, 1.82) is 0 Å². The van der Waals surface area contributed by atoms with Crippen molar-refractivity contribution in [3.63, 3.8) is 0 Å². The predicted octanol–water partition coefficient (Wildman–Crippen LogP) is 2.93. The number of nitrogens with zero attached hydrogens (tertiary/aromatic N) is 3. The lowest BCUT2D eigenvalue weighted by atomic mass is 9.89. The van der Waals surface area contributed by atoms with Crippen LogP contribution in [0.2, 0.25) is 0 Å². The van der Waals surface area contributed by atoms with Gasteiger partial charge in [-0.1, -0.05) is 5.16 Å². The number of hydrogen-bond donors (Lipinski definition) is 3. The molecule has 0 saturated heterocycles. The first-order chi connectivity index (χ1) is 16.6. The van der Waals surface area contributed by atoms with Crippen LogP contribution in [-0.4, -0.2) is 59.0 Å². The fourth-order valence-corrected chi connectivity index (χ4v) is 3.61. The maximum atomic E-state index is 13.0. The van der Waals surface area contributed by atoms with Crippen molar-refractivity contribution in [1.82, 2.24) is 20.4 Å². The molecule has 0 bridgehead atoms. The zero-order valence-corrected chi connectivity index (χ0v) is 20.2. The normalized spacial score (nSPS) is 17.5. The van der Waals surface area contributed by atoms with Gasteiger partial charge in [0, 0.05) is 26.4 Å². The molecule has 186 valence electrons. The number of rotatable bonds is 6. The third-order valence-corrected chi connectivity index (χ3v) is 5.56. The fourth-order valence-electron chi connectivity index (χ4n) is 3.61. The Kier molecular flexibility index (Phi) is 6.48. The van der Waals surface area contributed by atoms with E-state index in [0.717, 1.165) is 12.8 Å². The Balaban J connectivity index is 1.75. The molecule has 2 atom stereocenters. The van der Waals surface area contributed by atoms with Crippen LogP contribution in [0.5, 0.6) is 0 Å². The number of nitrogens with one attached hydrogen (secondary N) is 3. The number of amides is 2. The van der Waals surface area contributed by atoms with Crippen molar-refractivity contribution in [3.05, 3.63) is 40.5 Å². The number of carbonyl (C=O) groups is 2. The Morgan fingerprint density at radius 3 is 2.66 bits per heavy atom. The Labute approximate surface area is 201 Å². The van der Waals surface area contributed by atoms with E-state index in [0.29, 0.717) is 0 Å². The van der Waals surface area contributed by atoms with Crippen LogP contribution < -0.4 is 21.1 Å². The zero-order chi connectivity index (χ0) is 25.3. The molecule has 12 nitrogen and oxygen atoms in total. The monoisotopic (exact) mass is 484 g/mol. The van der Waals surface area contributed by atoms with Crippen LogP contribution in [0.25, 0.3) is 11.0 Å². The molecular formula is C23H28N6O6. The van der Waals surface area contributed by atoms with Crippen LogP contribution in [0.15, 0.2) is 33.7 Å². The van der Waals surface area contributed by atoms with E-state index in [9.17, 15) is 14.4 Å². The summed E-state index contributed by atoms with van der Waals surface area (Å²) in [4.78, 5) is 46.2. The second-order valence-corrected chi connectivity index (χ2v) is 9.24. The summed E-state index contributed by atoms with van der Waals surface area (Å²) in [5.74, 6) is -0.422. The van der Waals surface area contributed by atoms with Gasteiger partial charge in [-0.2, -0.15) is 0 Å². The topological polar surface area (TPSA) is 152 Å². The first kappa shape index (κ1) is 24.2. The highest BCUT2D eigenvalue weighted by molar-refractivity contribution is 6.07. The molecule has 3 aromatic heterocycles. The molecular weight excluding hydrogens is 456 g/mol. The van der Waals surface area contributed by atoms with Gasteiger partial charge in [0.1, 0.15) is 22.6 Å². The minimum Gasteiger partial charge on any atom is -0.443 e. The molecule has 2 amide bonds. The average molecular weight is 485 g/mol. The maximum absolute atomic E-state index is 13.0. The second kappa shape index (κ2) is 9.37. The van der Waals surface area contributed by atoms with Gasteiger partial charge in [-0.3, -0.25) is 14.5 Å². The summed E-state index contributed by atoms with van der Waals surface area (Å²) in [6, 6.07) is 4.60. The van der Waals surface area contributed by atoms with Crippen molar-refractivity contribution < 1.29 is 23.6 Å². The van der Waals surface area contributed by atoms with Crippen LogP contribution in [0.3, 0.4) is 0 Å². The van der Waals surface area contributed by atoms with Gasteiger partial charge in [0.05, 0.1) is 17.8 Å². The number of pyridine rings is 2. The first-order valence-corrected chi connectivity index (χ1v) is 11.1. The summed E-state index contributed by atoms with van der Waals surface area (Å²) in [7, 11) is 3.10. The minimum absolute atomic E-state index is 0.0722. The third-order valence-electron chi connectivity index (χ3n) is 5.56. The lowest BCUT2D eigenvalue weighted by molar-refractivity contribution is 0.00677. The molecule has 0 aromatic carbocycles. The van der Waals surface area contributed by atoms with Crippen molar-refractivity contribution in [2.24, 2.45) is 0 Å². The molecule has 0 radical (unpaired) electrons. The maximum Gasteiger partial charge on any atom is 0.414 e. The van der Waals surface area contributed by atoms with Crippen LogP contribution in [0.1, 0.15) is 44.2 Å². The number of anilines is 3. The molecule has 0 unspecified atom stereocenters. The van der Waals surface area contributed by atoms with E-state index in [2.05, 4.69) is 25.8 Å². The average Bonchev–Trinajstić information content (AvgIpc) is 3.20. The molecule has 3 aromatic rings. The van der Waals surface area contributed by atoms with Crippen LogP contribution >= 0.6 is 0 Å². The van der Waals surface area contributed by atoms with Crippen LogP contribution in [-0.2, 0) is 9.47 Å². The molecule has 1 aliphatic rings. The van der Waals surface area contributed by atoms with Gasteiger partial charge in [-0.15, -0.1) is 0 Å². The molecule has 1 fully saturated rings. The number of carbonyl (C=O) groups excluding carboxylic acids is 2. The standard InChI is InChI=1S/C23H28N6O6/c1-23(2,3)34-22(32)29(4)14-11-16(25-13-7-6-10-24-20(13)30)27-18-17(14)28-35-19(18)21(31)26-12-8-9-15(12)33-5/h6-7,10-12,15H,8-9H2,1-5H3,(H,24,30)(H,25,27)(H,26,31)/t12-,15-/m1/s1. The molecule has 4 rings (SSSR count). The van der Waals surface area contributed by atoms with E-state index in [-0.39, 0.29) is 51.7 Å². The van der Waals surface area contributed by atoms with Crippen molar-refractivity contribution in [2.75, 3.05) is 24.4 Å². The predicted molar refractivity (Wildman–Crippen MR) is 128 cm³/mol. The summed E-state index contributed by atoms with van der Waals surface area (Å²) in [6.07, 6.45) is 2.42. The van der Waals surface area contributed by atoms with E-state index in [1.54, 1.807) is 40.0 Å². The van der Waals surface area contributed by atoms with Crippen LogP contribution in [0.4, 0.5) is 22.0 Å². The summed E-state index contributed by atoms with van der Waals surface area (Å²) in [6.45, 7) is 5.26. The number of H-pyrrole nitrogens is 1. The minimum atomic E-state index is -0.731. The molecule has 35 heavy (non-hydrogen) atoms. The molecule has 0 aliphatic heterocycles. The molecule has 0 spiro atoms. The van der Waals surface area contributed by atoms with Crippen molar-refractivity contribution in [3.8, 4) is 0 Å². The summed E-state index contributed by atoms with van der Waals surface area (Å²) in [5, 5.41) is 9.82. The molecule has 1 aliphatic carbocycles. The second-order valence-electron chi connectivity index (χ2n) is 9.24.